The lowest BCUT2D eigenvalue weighted by Gasteiger charge is -2.23. The summed E-state index contributed by atoms with van der Waals surface area (Å²) in [6.07, 6.45) is 1.13. The van der Waals surface area contributed by atoms with Gasteiger partial charge in [-0.05, 0) is 30.4 Å². The van der Waals surface area contributed by atoms with Crippen LogP contribution in [0, 0.1) is 0 Å². The Hall–Kier alpha value is -1.82. The van der Waals surface area contributed by atoms with Gasteiger partial charge in [0.05, 0.1) is 31.8 Å². The number of ether oxygens (including phenoxy) is 1. The first kappa shape index (κ1) is 19.0. The molecular weight excluding hydrogens is 366 g/mol. The summed E-state index contributed by atoms with van der Waals surface area (Å²) in [6.45, 7) is 5.26. The van der Waals surface area contributed by atoms with Gasteiger partial charge < -0.3 is 19.9 Å². The molecule has 1 unspecified atom stereocenters. The number of hydrogen-bond donors (Lipinski definition) is 2. The topological polar surface area (TPSA) is 28.9 Å². The lowest BCUT2D eigenvalue weighted by molar-refractivity contribution is -0.911. The van der Waals surface area contributed by atoms with Crippen LogP contribution in [0.15, 0.2) is 48.5 Å². The molecule has 0 aromatic heterocycles. The summed E-state index contributed by atoms with van der Waals surface area (Å²) in [5.74, 6) is 0.665. The fraction of sp³-hybridized carbons (Fsp3) is 0.350. The molecule has 1 aliphatic heterocycles. The van der Waals surface area contributed by atoms with Crippen LogP contribution in [-0.4, -0.2) is 43.3 Å². The molecule has 1 saturated heterocycles. The molecule has 1 heterocycles. The maximum Gasteiger partial charge on any atom is 0.173 e. The number of rotatable bonds is 4. The molecule has 138 valence electrons. The Kier molecular flexibility index (Phi) is 6.72. The molecule has 2 aromatic rings. The van der Waals surface area contributed by atoms with Crippen molar-refractivity contribution in [2.45, 2.75) is 13.0 Å². The number of halogens is 1. The molecule has 4 nitrogen and oxygen atoms in total. The van der Waals surface area contributed by atoms with Crippen LogP contribution in [0.3, 0.4) is 0 Å². The molecule has 0 bridgehead atoms. The third kappa shape index (κ3) is 5.10. The maximum absolute atomic E-state index is 6.20. The Labute approximate surface area is 165 Å². The van der Waals surface area contributed by atoms with Gasteiger partial charge in [-0.15, -0.1) is 0 Å². The Morgan fingerprint density at radius 2 is 2.00 bits per heavy atom. The van der Waals surface area contributed by atoms with E-state index in [-0.39, 0.29) is 0 Å². The van der Waals surface area contributed by atoms with Gasteiger partial charge in [-0.3, -0.25) is 0 Å². The summed E-state index contributed by atoms with van der Waals surface area (Å²) in [5.41, 5.74) is 2.28. The first-order chi connectivity index (χ1) is 12.7. The van der Waals surface area contributed by atoms with Gasteiger partial charge in [-0.25, -0.2) is 0 Å². The van der Waals surface area contributed by atoms with Crippen molar-refractivity contribution in [1.29, 1.82) is 0 Å². The molecule has 0 radical (unpaired) electrons. The zero-order valence-corrected chi connectivity index (χ0v) is 16.6. The number of nitrogens with one attached hydrogen (secondary N) is 2. The van der Waals surface area contributed by atoms with Crippen molar-refractivity contribution >= 4 is 34.6 Å². The molecular formula is C20H25ClN3OS+. The van der Waals surface area contributed by atoms with Gasteiger partial charge in [0, 0.05) is 24.2 Å². The molecule has 0 saturated carbocycles. The number of methoxy groups -OCH3 is 1. The van der Waals surface area contributed by atoms with Crippen LogP contribution >= 0.6 is 23.8 Å². The van der Waals surface area contributed by atoms with E-state index in [1.165, 1.54) is 12.1 Å². The molecule has 2 N–H and O–H groups in total. The molecule has 1 atom stereocenters. The van der Waals surface area contributed by atoms with Crippen molar-refractivity contribution in [2.24, 2.45) is 0 Å². The van der Waals surface area contributed by atoms with Crippen LogP contribution < -0.4 is 15.0 Å². The lowest BCUT2D eigenvalue weighted by Crippen LogP contribution is -3.11. The normalized spacial score (nSPS) is 17.5. The monoisotopic (exact) mass is 390 g/mol. The third-order valence-electron chi connectivity index (χ3n) is 4.68. The van der Waals surface area contributed by atoms with Crippen LogP contribution in [0.25, 0.3) is 0 Å². The quantitative estimate of drug-likeness (QED) is 0.785. The summed E-state index contributed by atoms with van der Waals surface area (Å²) in [5, 5.41) is 4.64. The number of quaternary nitrogens is 1. The molecule has 3 rings (SSSR count). The van der Waals surface area contributed by atoms with Crippen molar-refractivity contribution in [3.8, 4) is 5.75 Å². The second kappa shape index (κ2) is 9.21. The number of anilines is 1. The SMILES string of the molecule is COc1ccc(NC(=S)N2CCC[NH+](Cc3ccccc3)CC2)cc1Cl. The maximum atomic E-state index is 6.20. The van der Waals surface area contributed by atoms with E-state index in [2.05, 4.69) is 40.5 Å². The fourth-order valence-electron chi connectivity index (χ4n) is 3.26. The zero-order valence-electron chi connectivity index (χ0n) is 15.0. The molecule has 0 aliphatic carbocycles. The van der Waals surface area contributed by atoms with E-state index in [0.29, 0.717) is 10.8 Å². The summed E-state index contributed by atoms with van der Waals surface area (Å²) < 4.78 is 5.19. The van der Waals surface area contributed by atoms with Crippen molar-refractivity contribution in [1.82, 2.24) is 4.90 Å². The fourth-order valence-corrected chi connectivity index (χ4v) is 3.82. The largest absolute Gasteiger partial charge is 0.495 e. The average molecular weight is 391 g/mol. The van der Waals surface area contributed by atoms with E-state index in [4.69, 9.17) is 28.6 Å². The minimum atomic E-state index is 0.578. The van der Waals surface area contributed by atoms with Gasteiger partial charge in [0.1, 0.15) is 12.3 Å². The number of benzene rings is 2. The Morgan fingerprint density at radius 3 is 2.73 bits per heavy atom. The number of nitrogens with zero attached hydrogens (tertiary/aromatic N) is 1. The standard InChI is InChI=1S/C20H24ClN3OS/c1-25-19-9-8-17(14-18(19)21)22-20(26)24-11-5-10-23(12-13-24)15-16-6-3-2-4-7-16/h2-4,6-9,14H,5,10-13,15H2,1H3,(H,22,26)/p+1. The van der Waals surface area contributed by atoms with Crippen LogP contribution in [-0.2, 0) is 6.54 Å². The second-order valence-electron chi connectivity index (χ2n) is 6.53. The molecule has 1 aliphatic rings. The molecule has 6 heteroatoms. The first-order valence-corrected chi connectivity index (χ1v) is 9.71. The van der Waals surface area contributed by atoms with Crippen molar-refractivity contribution in [3.05, 3.63) is 59.1 Å². The van der Waals surface area contributed by atoms with Gasteiger partial charge >= 0.3 is 0 Å². The highest BCUT2D eigenvalue weighted by Gasteiger charge is 2.19. The predicted octanol–water partition coefficient (Wildman–Crippen LogP) is 2.84. The van der Waals surface area contributed by atoms with Gasteiger partial charge in [-0.1, -0.05) is 41.9 Å². The van der Waals surface area contributed by atoms with Gasteiger partial charge in [-0.2, -0.15) is 0 Å². The molecule has 0 spiro atoms. The van der Waals surface area contributed by atoms with Crippen LogP contribution in [0.2, 0.25) is 5.02 Å². The third-order valence-corrected chi connectivity index (χ3v) is 5.34. The van der Waals surface area contributed by atoms with E-state index in [0.717, 1.165) is 43.4 Å². The zero-order chi connectivity index (χ0) is 18.4. The smallest absolute Gasteiger partial charge is 0.173 e. The van der Waals surface area contributed by atoms with E-state index in [1.54, 1.807) is 12.0 Å². The summed E-state index contributed by atoms with van der Waals surface area (Å²) >= 11 is 11.8. The summed E-state index contributed by atoms with van der Waals surface area (Å²) in [6, 6.07) is 16.3. The Balaban J connectivity index is 1.55. The second-order valence-corrected chi connectivity index (χ2v) is 7.33. The lowest BCUT2D eigenvalue weighted by atomic mass is 10.2. The van der Waals surface area contributed by atoms with E-state index in [1.807, 2.05) is 18.2 Å². The van der Waals surface area contributed by atoms with Gasteiger partial charge in [0.15, 0.2) is 5.11 Å². The van der Waals surface area contributed by atoms with E-state index in [9.17, 15) is 0 Å². The van der Waals surface area contributed by atoms with Gasteiger partial charge in [0.2, 0.25) is 0 Å². The molecule has 2 aromatic carbocycles. The number of thiocarbonyl (C=S) groups is 1. The summed E-state index contributed by atoms with van der Waals surface area (Å²) in [7, 11) is 1.61. The number of hydrogen-bond acceptors (Lipinski definition) is 2. The predicted molar refractivity (Wildman–Crippen MR) is 111 cm³/mol. The van der Waals surface area contributed by atoms with Crippen molar-refractivity contribution < 1.29 is 9.64 Å². The van der Waals surface area contributed by atoms with Crippen LogP contribution in [0.5, 0.6) is 5.75 Å². The van der Waals surface area contributed by atoms with E-state index < -0.39 is 0 Å². The molecule has 0 amide bonds. The van der Waals surface area contributed by atoms with Gasteiger partial charge in [0.25, 0.3) is 0 Å². The Morgan fingerprint density at radius 1 is 1.19 bits per heavy atom. The highest BCUT2D eigenvalue weighted by molar-refractivity contribution is 7.80. The minimum absolute atomic E-state index is 0.578. The van der Waals surface area contributed by atoms with Crippen molar-refractivity contribution in [2.75, 3.05) is 38.6 Å². The highest BCUT2D eigenvalue weighted by atomic mass is 35.5. The average Bonchev–Trinajstić information content (AvgIpc) is 2.88. The van der Waals surface area contributed by atoms with Crippen LogP contribution in [0.1, 0.15) is 12.0 Å². The Bertz CT molecular complexity index is 741. The van der Waals surface area contributed by atoms with Crippen LogP contribution in [0.4, 0.5) is 5.69 Å². The highest BCUT2D eigenvalue weighted by Crippen LogP contribution is 2.27. The summed E-state index contributed by atoms with van der Waals surface area (Å²) in [4.78, 5) is 3.86. The molecule has 26 heavy (non-hydrogen) atoms. The van der Waals surface area contributed by atoms with Crippen molar-refractivity contribution in [3.63, 3.8) is 0 Å². The molecule has 1 fully saturated rings. The minimum Gasteiger partial charge on any atom is -0.495 e. The van der Waals surface area contributed by atoms with E-state index >= 15 is 0 Å². The first-order valence-electron chi connectivity index (χ1n) is 8.92.